The first kappa shape index (κ1) is 13.6. The van der Waals surface area contributed by atoms with Crippen molar-refractivity contribution in [3.63, 3.8) is 0 Å². The molecule has 0 saturated carbocycles. The third-order valence-corrected chi connectivity index (χ3v) is 3.50. The maximum Gasteiger partial charge on any atom is 0.159 e. The quantitative estimate of drug-likeness (QED) is 0.715. The van der Waals surface area contributed by atoms with E-state index in [1.54, 1.807) is 7.11 Å². The summed E-state index contributed by atoms with van der Waals surface area (Å²) in [5.41, 5.74) is 3.64. The number of ether oxygens (including phenoxy) is 1. The second-order valence-corrected chi connectivity index (χ2v) is 4.89. The molecule has 1 aromatic heterocycles. The van der Waals surface area contributed by atoms with Crippen LogP contribution in [-0.4, -0.2) is 17.3 Å². The summed E-state index contributed by atoms with van der Waals surface area (Å²) in [5.74, 6) is 0.806. The number of methoxy groups -OCH3 is 1. The van der Waals surface area contributed by atoms with Gasteiger partial charge in [-0.2, -0.15) is 0 Å². The molecule has 0 aliphatic heterocycles. The summed E-state index contributed by atoms with van der Waals surface area (Å²) in [7, 11) is 1.64. The summed E-state index contributed by atoms with van der Waals surface area (Å²) >= 11 is 6.19. The van der Waals surface area contributed by atoms with Crippen molar-refractivity contribution in [1.82, 2.24) is 10.2 Å². The monoisotopic (exact) mass is 296 g/mol. The molecule has 21 heavy (non-hydrogen) atoms. The lowest BCUT2D eigenvalue weighted by Crippen LogP contribution is -1.92. The van der Waals surface area contributed by atoms with Gasteiger partial charge < -0.3 is 4.74 Å². The van der Waals surface area contributed by atoms with Gasteiger partial charge in [-0.1, -0.05) is 54.1 Å². The van der Waals surface area contributed by atoms with Crippen molar-refractivity contribution in [2.45, 2.75) is 0 Å². The maximum absolute atomic E-state index is 6.19. The fourth-order valence-corrected chi connectivity index (χ4v) is 2.30. The summed E-state index contributed by atoms with van der Waals surface area (Å²) in [5, 5.41) is 8.61. The molecule has 0 aliphatic carbocycles. The Kier molecular flexibility index (Phi) is 3.84. The topological polar surface area (TPSA) is 35.0 Å². The van der Waals surface area contributed by atoms with Gasteiger partial charge in [0.15, 0.2) is 5.15 Å². The average molecular weight is 297 g/mol. The minimum absolute atomic E-state index is 0.389. The molecular formula is C17H13ClN2O. The molecule has 4 heteroatoms. The molecule has 3 nitrogen and oxygen atoms in total. The Morgan fingerprint density at radius 1 is 0.857 bits per heavy atom. The molecule has 2 aromatic carbocycles. The van der Waals surface area contributed by atoms with Crippen LogP contribution in [-0.2, 0) is 0 Å². The molecule has 0 aliphatic rings. The number of rotatable bonds is 3. The minimum atomic E-state index is 0.389. The van der Waals surface area contributed by atoms with Crippen LogP contribution in [0.2, 0.25) is 5.15 Å². The molecule has 0 spiro atoms. The number of hydrogen-bond acceptors (Lipinski definition) is 3. The van der Waals surface area contributed by atoms with Gasteiger partial charge in [0.1, 0.15) is 5.75 Å². The normalized spacial score (nSPS) is 10.4. The highest BCUT2D eigenvalue weighted by molar-refractivity contribution is 6.32. The van der Waals surface area contributed by atoms with Crippen molar-refractivity contribution >= 4 is 11.6 Å². The highest BCUT2D eigenvalue weighted by Gasteiger charge is 2.09. The van der Waals surface area contributed by atoms with Gasteiger partial charge in [-0.3, -0.25) is 0 Å². The smallest absolute Gasteiger partial charge is 0.159 e. The molecule has 0 unspecified atom stereocenters. The lowest BCUT2D eigenvalue weighted by Gasteiger charge is -2.07. The fourth-order valence-electron chi connectivity index (χ4n) is 2.10. The molecular weight excluding hydrogens is 284 g/mol. The van der Waals surface area contributed by atoms with Crippen LogP contribution in [0.3, 0.4) is 0 Å². The summed E-state index contributed by atoms with van der Waals surface area (Å²) in [6.07, 6.45) is 0. The van der Waals surface area contributed by atoms with Gasteiger partial charge >= 0.3 is 0 Å². The largest absolute Gasteiger partial charge is 0.497 e. The molecule has 1 heterocycles. The number of aromatic nitrogens is 2. The van der Waals surface area contributed by atoms with Gasteiger partial charge in [-0.15, -0.1) is 10.2 Å². The highest BCUT2D eigenvalue weighted by atomic mass is 35.5. The minimum Gasteiger partial charge on any atom is -0.497 e. The van der Waals surface area contributed by atoms with Crippen molar-refractivity contribution in [2.75, 3.05) is 7.11 Å². The van der Waals surface area contributed by atoms with Crippen molar-refractivity contribution in [1.29, 1.82) is 0 Å². The van der Waals surface area contributed by atoms with Crippen molar-refractivity contribution in [3.05, 3.63) is 65.8 Å². The molecule has 0 saturated heterocycles. The number of nitrogens with zero attached hydrogens (tertiary/aromatic N) is 2. The predicted molar refractivity (Wildman–Crippen MR) is 84.5 cm³/mol. The van der Waals surface area contributed by atoms with Crippen LogP contribution < -0.4 is 4.74 Å². The molecule has 3 aromatic rings. The summed E-state index contributed by atoms with van der Waals surface area (Å²) in [6.45, 7) is 0. The Morgan fingerprint density at radius 3 is 2.24 bits per heavy atom. The molecule has 3 rings (SSSR count). The van der Waals surface area contributed by atoms with E-state index in [2.05, 4.69) is 10.2 Å². The maximum atomic E-state index is 6.19. The molecule has 104 valence electrons. The Labute approximate surface area is 128 Å². The molecule has 0 bridgehead atoms. The van der Waals surface area contributed by atoms with E-state index in [1.165, 1.54) is 0 Å². The number of hydrogen-bond donors (Lipinski definition) is 0. The van der Waals surface area contributed by atoms with Crippen molar-refractivity contribution < 1.29 is 4.74 Å². The zero-order chi connectivity index (χ0) is 14.7. The molecule has 0 atom stereocenters. The lowest BCUT2D eigenvalue weighted by molar-refractivity contribution is 0.415. The van der Waals surface area contributed by atoms with E-state index in [0.29, 0.717) is 5.15 Å². The van der Waals surface area contributed by atoms with Crippen LogP contribution in [0, 0.1) is 0 Å². The second-order valence-electron chi connectivity index (χ2n) is 4.53. The second kappa shape index (κ2) is 5.94. The van der Waals surface area contributed by atoms with E-state index >= 15 is 0 Å². The third kappa shape index (κ3) is 2.88. The molecule has 0 fully saturated rings. The zero-order valence-electron chi connectivity index (χ0n) is 11.5. The number of halogens is 1. The summed E-state index contributed by atoms with van der Waals surface area (Å²) in [6, 6.07) is 19.6. The SMILES string of the molecule is COc1ccc(-c2cc(-c3ccccc3)nnc2Cl)cc1. The van der Waals surface area contributed by atoms with Crippen LogP contribution in [0.5, 0.6) is 5.75 Å². The third-order valence-electron chi connectivity index (χ3n) is 3.22. The van der Waals surface area contributed by atoms with Crippen LogP contribution in [0.25, 0.3) is 22.4 Å². The predicted octanol–water partition coefficient (Wildman–Crippen LogP) is 4.47. The lowest BCUT2D eigenvalue weighted by atomic mass is 10.0. The highest BCUT2D eigenvalue weighted by Crippen LogP contribution is 2.30. The summed E-state index contributed by atoms with van der Waals surface area (Å²) in [4.78, 5) is 0. The Hall–Kier alpha value is -2.39. The van der Waals surface area contributed by atoms with Gasteiger partial charge in [0.05, 0.1) is 12.8 Å². The summed E-state index contributed by atoms with van der Waals surface area (Å²) < 4.78 is 5.17. The molecule has 0 N–H and O–H groups in total. The van der Waals surface area contributed by atoms with E-state index in [0.717, 1.165) is 28.1 Å². The Balaban J connectivity index is 2.05. The van der Waals surface area contributed by atoms with Crippen LogP contribution in [0.15, 0.2) is 60.7 Å². The van der Waals surface area contributed by atoms with Crippen LogP contribution >= 0.6 is 11.6 Å². The van der Waals surface area contributed by atoms with Gasteiger partial charge in [-0.25, -0.2) is 0 Å². The molecule has 0 amide bonds. The van der Waals surface area contributed by atoms with Crippen molar-refractivity contribution in [2.24, 2.45) is 0 Å². The van der Waals surface area contributed by atoms with Crippen LogP contribution in [0.1, 0.15) is 0 Å². The number of benzene rings is 2. The van der Waals surface area contributed by atoms with E-state index in [-0.39, 0.29) is 0 Å². The van der Waals surface area contributed by atoms with E-state index in [1.807, 2.05) is 60.7 Å². The van der Waals surface area contributed by atoms with E-state index in [9.17, 15) is 0 Å². The Morgan fingerprint density at radius 2 is 1.57 bits per heavy atom. The van der Waals surface area contributed by atoms with E-state index < -0.39 is 0 Å². The van der Waals surface area contributed by atoms with Gasteiger partial charge in [0, 0.05) is 11.1 Å². The molecule has 0 radical (unpaired) electrons. The zero-order valence-corrected chi connectivity index (χ0v) is 12.2. The van der Waals surface area contributed by atoms with Crippen LogP contribution in [0.4, 0.5) is 0 Å². The van der Waals surface area contributed by atoms with Crippen molar-refractivity contribution in [3.8, 4) is 28.1 Å². The van der Waals surface area contributed by atoms with Gasteiger partial charge in [-0.05, 0) is 23.8 Å². The fraction of sp³-hybridized carbons (Fsp3) is 0.0588. The van der Waals surface area contributed by atoms with Gasteiger partial charge in [0.25, 0.3) is 0 Å². The first-order valence-electron chi connectivity index (χ1n) is 6.51. The standard InChI is InChI=1S/C17H13ClN2O/c1-21-14-9-7-12(8-10-14)15-11-16(19-20-17(15)18)13-5-3-2-4-6-13/h2-11H,1H3. The Bertz CT molecular complexity index is 742. The van der Waals surface area contributed by atoms with E-state index in [4.69, 9.17) is 16.3 Å². The van der Waals surface area contributed by atoms with Gasteiger partial charge in [0.2, 0.25) is 0 Å². The first-order chi connectivity index (χ1) is 10.3. The average Bonchev–Trinajstić information content (AvgIpc) is 2.56. The first-order valence-corrected chi connectivity index (χ1v) is 6.89.